The van der Waals surface area contributed by atoms with Crippen molar-refractivity contribution in [1.29, 1.82) is 0 Å². The van der Waals surface area contributed by atoms with Gasteiger partial charge in [-0.3, -0.25) is 4.79 Å². The molecule has 0 bridgehead atoms. The predicted molar refractivity (Wildman–Crippen MR) is 88.6 cm³/mol. The van der Waals surface area contributed by atoms with E-state index in [2.05, 4.69) is 5.32 Å². The Hall–Kier alpha value is -2.40. The molecule has 0 unspecified atom stereocenters. The first kappa shape index (κ1) is 17.0. The summed E-state index contributed by atoms with van der Waals surface area (Å²) in [6, 6.07) is 12.7. The number of carbonyl (C=O) groups excluding carboxylic acids is 1. The van der Waals surface area contributed by atoms with E-state index in [0.29, 0.717) is 11.4 Å². The number of benzene rings is 2. The van der Waals surface area contributed by atoms with Crippen LogP contribution < -0.4 is 15.8 Å². The summed E-state index contributed by atoms with van der Waals surface area (Å²) >= 11 is 0. The molecule has 23 heavy (non-hydrogen) atoms. The van der Waals surface area contributed by atoms with Gasteiger partial charge in [-0.15, -0.1) is 0 Å². The molecule has 0 aliphatic rings. The van der Waals surface area contributed by atoms with Crippen LogP contribution in [0.15, 0.2) is 48.5 Å². The normalized spacial score (nSPS) is 12.0. The Morgan fingerprint density at radius 2 is 1.96 bits per heavy atom. The lowest BCUT2D eigenvalue weighted by atomic mass is 10.0. The number of hydrogen-bond acceptors (Lipinski definition) is 3. The minimum Gasteiger partial charge on any atom is -0.489 e. The van der Waals surface area contributed by atoms with E-state index in [4.69, 9.17) is 10.5 Å². The van der Waals surface area contributed by atoms with Gasteiger partial charge in [0.05, 0.1) is 6.04 Å². The van der Waals surface area contributed by atoms with Gasteiger partial charge in [0, 0.05) is 11.8 Å². The van der Waals surface area contributed by atoms with E-state index < -0.39 is 6.04 Å². The Labute approximate surface area is 135 Å². The third-order valence-electron chi connectivity index (χ3n) is 3.42. The van der Waals surface area contributed by atoms with Gasteiger partial charge in [-0.2, -0.15) is 0 Å². The summed E-state index contributed by atoms with van der Waals surface area (Å²) in [7, 11) is 0. The molecule has 1 atom stereocenters. The van der Waals surface area contributed by atoms with Gasteiger partial charge in [0.15, 0.2) is 0 Å². The van der Waals surface area contributed by atoms with Crippen molar-refractivity contribution in [1.82, 2.24) is 0 Å². The zero-order valence-corrected chi connectivity index (χ0v) is 13.3. The molecule has 0 aromatic heterocycles. The van der Waals surface area contributed by atoms with Gasteiger partial charge in [-0.05, 0) is 35.7 Å². The molecule has 0 heterocycles. The highest BCUT2D eigenvalue weighted by atomic mass is 19.1. The fourth-order valence-electron chi connectivity index (χ4n) is 1.99. The number of ether oxygens (including phenoxy) is 1. The lowest BCUT2D eigenvalue weighted by Crippen LogP contribution is -2.39. The van der Waals surface area contributed by atoms with E-state index in [1.54, 1.807) is 18.2 Å². The number of nitrogens with two attached hydrogens (primary N) is 1. The molecule has 3 N–H and O–H groups in total. The summed E-state index contributed by atoms with van der Waals surface area (Å²) in [6.07, 6.45) is 0. The van der Waals surface area contributed by atoms with E-state index >= 15 is 0 Å². The molecule has 0 spiro atoms. The highest BCUT2D eigenvalue weighted by Gasteiger charge is 2.17. The Bertz CT molecular complexity index is 674. The van der Waals surface area contributed by atoms with Crippen molar-refractivity contribution in [2.75, 3.05) is 5.32 Å². The average molecular weight is 316 g/mol. The van der Waals surface area contributed by atoms with Gasteiger partial charge in [0.1, 0.15) is 18.2 Å². The first-order valence-electron chi connectivity index (χ1n) is 7.49. The second-order valence-corrected chi connectivity index (χ2v) is 5.71. The number of carbonyl (C=O) groups is 1. The first-order valence-corrected chi connectivity index (χ1v) is 7.49. The minimum absolute atomic E-state index is 0.0643. The van der Waals surface area contributed by atoms with Crippen molar-refractivity contribution < 1.29 is 13.9 Å². The highest BCUT2D eigenvalue weighted by Crippen LogP contribution is 2.16. The SMILES string of the molecule is CC(C)[C@H](N)C(=O)Nc1cccc(COc2cccc(F)c2)c1. The summed E-state index contributed by atoms with van der Waals surface area (Å²) in [5, 5.41) is 2.79. The number of hydrogen-bond donors (Lipinski definition) is 2. The second kappa shape index (κ2) is 7.74. The van der Waals surface area contributed by atoms with E-state index in [1.165, 1.54) is 12.1 Å². The molecule has 2 aromatic carbocycles. The van der Waals surface area contributed by atoms with Gasteiger partial charge < -0.3 is 15.8 Å². The Morgan fingerprint density at radius 1 is 1.22 bits per heavy atom. The zero-order valence-electron chi connectivity index (χ0n) is 13.3. The molecule has 0 aliphatic carbocycles. The van der Waals surface area contributed by atoms with Crippen molar-refractivity contribution >= 4 is 11.6 Å². The molecule has 0 saturated heterocycles. The van der Waals surface area contributed by atoms with Gasteiger partial charge in [0.25, 0.3) is 0 Å². The molecule has 0 aliphatic heterocycles. The van der Waals surface area contributed by atoms with Gasteiger partial charge in [-0.25, -0.2) is 4.39 Å². The minimum atomic E-state index is -0.554. The van der Waals surface area contributed by atoms with Crippen molar-refractivity contribution in [2.24, 2.45) is 11.7 Å². The van der Waals surface area contributed by atoms with Crippen LogP contribution in [-0.2, 0) is 11.4 Å². The van der Waals surface area contributed by atoms with E-state index in [1.807, 2.05) is 32.0 Å². The van der Waals surface area contributed by atoms with E-state index in [9.17, 15) is 9.18 Å². The molecule has 2 aromatic rings. The maximum atomic E-state index is 13.1. The standard InChI is InChI=1S/C18H21FN2O2/c1-12(2)17(20)18(22)21-15-7-3-5-13(9-15)11-23-16-8-4-6-14(19)10-16/h3-10,12,17H,11,20H2,1-2H3,(H,21,22)/t17-/m0/s1. The van der Waals surface area contributed by atoms with Crippen LogP contribution in [0.4, 0.5) is 10.1 Å². The molecule has 4 nitrogen and oxygen atoms in total. The van der Waals surface area contributed by atoms with Gasteiger partial charge in [-0.1, -0.05) is 32.0 Å². The van der Waals surface area contributed by atoms with Crippen LogP contribution in [0, 0.1) is 11.7 Å². The van der Waals surface area contributed by atoms with E-state index in [-0.39, 0.29) is 24.2 Å². The smallest absolute Gasteiger partial charge is 0.241 e. The summed E-state index contributed by atoms with van der Waals surface area (Å²) in [5.74, 6) is -0.0369. The van der Waals surface area contributed by atoms with Crippen molar-refractivity contribution in [3.63, 3.8) is 0 Å². The van der Waals surface area contributed by atoms with Crippen LogP contribution in [0.2, 0.25) is 0 Å². The predicted octanol–water partition coefficient (Wildman–Crippen LogP) is 3.33. The fraction of sp³-hybridized carbons (Fsp3) is 0.278. The largest absolute Gasteiger partial charge is 0.489 e. The van der Waals surface area contributed by atoms with Crippen LogP contribution >= 0.6 is 0 Å². The fourth-order valence-corrected chi connectivity index (χ4v) is 1.99. The number of anilines is 1. The first-order chi connectivity index (χ1) is 11.0. The third kappa shape index (κ3) is 5.07. The maximum Gasteiger partial charge on any atom is 0.241 e. The quantitative estimate of drug-likeness (QED) is 0.859. The molecular weight excluding hydrogens is 295 g/mol. The molecule has 122 valence electrons. The summed E-state index contributed by atoms with van der Waals surface area (Å²) in [5.41, 5.74) is 7.35. The molecule has 5 heteroatoms. The number of halogens is 1. The number of rotatable bonds is 6. The van der Waals surface area contributed by atoms with Crippen molar-refractivity contribution in [2.45, 2.75) is 26.5 Å². The maximum absolute atomic E-state index is 13.1. The lowest BCUT2D eigenvalue weighted by Gasteiger charge is -2.15. The second-order valence-electron chi connectivity index (χ2n) is 5.71. The van der Waals surface area contributed by atoms with Crippen molar-refractivity contribution in [3.8, 4) is 5.75 Å². The highest BCUT2D eigenvalue weighted by molar-refractivity contribution is 5.94. The molecule has 0 radical (unpaired) electrons. The monoisotopic (exact) mass is 316 g/mol. The number of amides is 1. The van der Waals surface area contributed by atoms with Crippen LogP contribution in [0.1, 0.15) is 19.4 Å². The third-order valence-corrected chi connectivity index (χ3v) is 3.42. The molecule has 0 saturated carbocycles. The van der Waals surface area contributed by atoms with Crippen LogP contribution in [0.25, 0.3) is 0 Å². The van der Waals surface area contributed by atoms with Gasteiger partial charge >= 0.3 is 0 Å². The Morgan fingerprint density at radius 3 is 2.65 bits per heavy atom. The zero-order chi connectivity index (χ0) is 16.8. The van der Waals surface area contributed by atoms with Crippen LogP contribution in [0.5, 0.6) is 5.75 Å². The lowest BCUT2D eigenvalue weighted by molar-refractivity contribution is -0.118. The summed E-state index contributed by atoms with van der Waals surface area (Å²) in [4.78, 5) is 12.0. The van der Waals surface area contributed by atoms with Crippen molar-refractivity contribution in [3.05, 3.63) is 59.9 Å². The van der Waals surface area contributed by atoms with Crippen LogP contribution in [-0.4, -0.2) is 11.9 Å². The molecular formula is C18H21FN2O2. The van der Waals surface area contributed by atoms with Crippen LogP contribution in [0.3, 0.4) is 0 Å². The van der Waals surface area contributed by atoms with E-state index in [0.717, 1.165) is 5.56 Å². The summed E-state index contributed by atoms with van der Waals surface area (Å²) in [6.45, 7) is 4.07. The Balaban J connectivity index is 1.98. The average Bonchev–Trinajstić information content (AvgIpc) is 2.52. The Kier molecular flexibility index (Phi) is 5.71. The number of nitrogens with one attached hydrogen (secondary N) is 1. The molecule has 2 rings (SSSR count). The summed E-state index contributed by atoms with van der Waals surface area (Å²) < 4.78 is 18.6. The topological polar surface area (TPSA) is 64.4 Å². The molecule has 0 fully saturated rings. The van der Waals surface area contributed by atoms with Gasteiger partial charge in [0.2, 0.25) is 5.91 Å². The molecule has 1 amide bonds.